The van der Waals surface area contributed by atoms with Crippen LogP contribution in [0.1, 0.15) is 47.8 Å². The highest BCUT2D eigenvalue weighted by molar-refractivity contribution is 7.71. The van der Waals surface area contributed by atoms with Gasteiger partial charge < -0.3 is 10.6 Å². The van der Waals surface area contributed by atoms with E-state index in [1.807, 2.05) is 26.1 Å². The van der Waals surface area contributed by atoms with Crippen molar-refractivity contribution < 1.29 is 22.8 Å². The highest BCUT2D eigenvalue weighted by Gasteiger charge is 2.68. The van der Waals surface area contributed by atoms with E-state index in [1.54, 1.807) is 43.3 Å². The number of halogens is 3. The van der Waals surface area contributed by atoms with Crippen molar-refractivity contribution in [2.24, 2.45) is 0 Å². The first kappa shape index (κ1) is 25.4. The maximum atomic E-state index is 14.7. The first-order valence-corrected chi connectivity index (χ1v) is 11.4. The van der Waals surface area contributed by atoms with Gasteiger partial charge >= 0.3 is 6.18 Å². The summed E-state index contributed by atoms with van der Waals surface area (Å²) in [6.45, 7) is 7.61. The molecular weight excluding hydrogens is 493 g/mol. The Bertz CT molecular complexity index is 1500. The van der Waals surface area contributed by atoms with Crippen molar-refractivity contribution in [2.75, 3.05) is 5.32 Å². The van der Waals surface area contributed by atoms with E-state index in [-0.39, 0.29) is 15.7 Å². The summed E-state index contributed by atoms with van der Waals surface area (Å²) in [6.07, 6.45) is -5.36. The van der Waals surface area contributed by atoms with Gasteiger partial charge in [0, 0.05) is 5.56 Å². The molecule has 2 aromatic carbocycles. The van der Waals surface area contributed by atoms with E-state index >= 15 is 0 Å². The molecule has 0 spiro atoms. The fourth-order valence-corrected chi connectivity index (χ4v) is 4.45. The number of hydrogen-bond donors (Lipinski definition) is 3. The number of alkyl halides is 3. The number of aromatic amines is 1. The molecule has 0 saturated heterocycles. The second kappa shape index (κ2) is 8.44. The molecule has 1 atom stereocenters. The van der Waals surface area contributed by atoms with E-state index in [9.17, 15) is 27.6 Å². The average Bonchev–Trinajstić information content (AvgIpc) is 3.06. The molecule has 0 saturated carbocycles. The minimum atomic E-state index is -5.36. The molecule has 4 rings (SSSR count). The van der Waals surface area contributed by atoms with Gasteiger partial charge in [0.05, 0.1) is 5.69 Å². The topological polar surface area (TPSA) is 96.0 Å². The predicted molar refractivity (Wildman–Crippen MR) is 131 cm³/mol. The quantitative estimate of drug-likeness (QED) is 0.442. The van der Waals surface area contributed by atoms with Crippen LogP contribution in [0.25, 0.3) is 5.69 Å². The number of hydrogen-bond acceptors (Lipinski definition) is 4. The molecule has 11 heteroatoms. The number of aryl methyl sites for hydroxylation is 1. The number of anilines is 1. The van der Waals surface area contributed by atoms with Gasteiger partial charge in [0.25, 0.3) is 22.9 Å². The van der Waals surface area contributed by atoms with E-state index in [4.69, 9.17) is 12.2 Å². The van der Waals surface area contributed by atoms with Gasteiger partial charge in [0.15, 0.2) is 4.77 Å². The van der Waals surface area contributed by atoms with E-state index in [2.05, 4.69) is 10.3 Å². The average molecular weight is 517 g/mol. The lowest BCUT2D eigenvalue weighted by atomic mass is 9.86. The molecule has 3 aromatic rings. The van der Waals surface area contributed by atoms with Crippen molar-refractivity contribution in [2.45, 2.75) is 44.8 Å². The monoisotopic (exact) mass is 516 g/mol. The summed E-state index contributed by atoms with van der Waals surface area (Å²) < 4.78 is 44.9. The summed E-state index contributed by atoms with van der Waals surface area (Å²) in [5.74, 6) is -3.24. The SMILES string of the molecule is Cc1cccc(-n2c3c(c(=O)[nH]c2=S)[C@](NC(=O)c2ccc(C(C)(C)C)cc2)(C(F)(F)F)C(=O)N3)c1. The highest BCUT2D eigenvalue weighted by Crippen LogP contribution is 2.46. The number of aromatic nitrogens is 2. The van der Waals surface area contributed by atoms with Crippen molar-refractivity contribution >= 4 is 29.9 Å². The van der Waals surface area contributed by atoms with E-state index in [0.717, 1.165) is 15.7 Å². The zero-order valence-corrected chi connectivity index (χ0v) is 20.6. The van der Waals surface area contributed by atoms with Gasteiger partial charge in [-0.3, -0.25) is 23.9 Å². The van der Waals surface area contributed by atoms with Crippen LogP contribution in [0.4, 0.5) is 19.0 Å². The van der Waals surface area contributed by atoms with Gasteiger partial charge in [-0.15, -0.1) is 0 Å². The van der Waals surface area contributed by atoms with Crippen LogP contribution in [0.3, 0.4) is 0 Å². The van der Waals surface area contributed by atoms with Crippen LogP contribution in [0.5, 0.6) is 0 Å². The summed E-state index contributed by atoms with van der Waals surface area (Å²) in [5.41, 5.74) is -4.25. The molecule has 1 aromatic heterocycles. The molecule has 0 fully saturated rings. The normalized spacial score (nSPS) is 17.5. The van der Waals surface area contributed by atoms with Crippen molar-refractivity contribution in [1.82, 2.24) is 14.9 Å². The fraction of sp³-hybridized carbons (Fsp3) is 0.280. The Morgan fingerprint density at radius 2 is 1.69 bits per heavy atom. The minimum absolute atomic E-state index is 0.101. The Balaban J connectivity index is 1.90. The van der Waals surface area contributed by atoms with Gasteiger partial charge in [0.2, 0.25) is 0 Å². The van der Waals surface area contributed by atoms with E-state index in [0.29, 0.717) is 5.69 Å². The molecule has 0 aliphatic carbocycles. The molecule has 7 nitrogen and oxygen atoms in total. The molecule has 36 heavy (non-hydrogen) atoms. The van der Waals surface area contributed by atoms with Crippen LogP contribution < -0.4 is 16.2 Å². The summed E-state index contributed by atoms with van der Waals surface area (Å²) >= 11 is 5.21. The van der Waals surface area contributed by atoms with Crippen molar-refractivity contribution in [3.05, 3.63) is 85.9 Å². The third-order valence-corrected chi connectivity index (χ3v) is 6.34. The second-order valence-electron chi connectivity index (χ2n) is 9.64. The molecule has 1 aliphatic heterocycles. The Morgan fingerprint density at radius 1 is 1.06 bits per heavy atom. The predicted octanol–water partition coefficient (Wildman–Crippen LogP) is 4.64. The van der Waals surface area contributed by atoms with Gasteiger partial charge in [-0.05, 0) is 59.9 Å². The van der Waals surface area contributed by atoms with E-state index in [1.165, 1.54) is 12.1 Å². The molecule has 2 heterocycles. The van der Waals surface area contributed by atoms with Gasteiger partial charge in [-0.25, -0.2) is 0 Å². The highest BCUT2D eigenvalue weighted by atomic mass is 32.1. The molecule has 2 amide bonds. The Morgan fingerprint density at radius 3 is 2.25 bits per heavy atom. The first-order valence-electron chi connectivity index (χ1n) is 10.9. The van der Waals surface area contributed by atoms with Crippen LogP contribution in [-0.4, -0.2) is 27.5 Å². The van der Waals surface area contributed by atoms with Crippen LogP contribution in [0, 0.1) is 11.7 Å². The number of amides is 2. The number of carbonyl (C=O) groups is 2. The maximum absolute atomic E-state index is 14.7. The molecule has 1 aliphatic rings. The summed E-state index contributed by atoms with van der Waals surface area (Å²) in [5, 5.41) is 3.97. The molecule has 3 N–H and O–H groups in total. The zero-order chi connectivity index (χ0) is 26.6. The largest absolute Gasteiger partial charge is 0.425 e. The summed E-state index contributed by atoms with van der Waals surface area (Å²) in [7, 11) is 0. The van der Waals surface area contributed by atoms with Crippen LogP contribution in [0.2, 0.25) is 0 Å². The van der Waals surface area contributed by atoms with Gasteiger partial charge in [-0.2, -0.15) is 13.2 Å². The smallest absolute Gasteiger partial charge is 0.326 e. The molecule has 188 valence electrons. The van der Waals surface area contributed by atoms with Crippen molar-refractivity contribution in [3.8, 4) is 5.69 Å². The number of fused-ring (bicyclic) bond motifs is 1. The lowest BCUT2D eigenvalue weighted by Gasteiger charge is -2.30. The lowest BCUT2D eigenvalue weighted by molar-refractivity contribution is -0.196. The maximum Gasteiger partial charge on any atom is 0.425 e. The van der Waals surface area contributed by atoms with Crippen molar-refractivity contribution in [1.29, 1.82) is 0 Å². The van der Waals surface area contributed by atoms with Crippen LogP contribution in [-0.2, 0) is 15.7 Å². The van der Waals surface area contributed by atoms with Crippen LogP contribution in [0.15, 0.2) is 53.3 Å². The third kappa shape index (κ3) is 4.02. The van der Waals surface area contributed by atoms with Gasteiger partial charge in [-0.1, -0.05) is 45.0 Å². The number of nitrogens with one attached hydrogen (secondary N) is 3. The number of benzene rings is 2. The van der Waals surface area contributed by atoms with E-state index < -0.39 is 40.5 Å². The second-order valence-corrected chi connectivity index (χ2v) is 10.0. The number of nitrogens with zero attached hydrogens (tertiary/aromatic N) is 1. The number of H-pyrrole nitrogens is 1. The van der Waals surface area contributed by atoms with Crippen molar-refractivity contribution in [3.63, 3.8) is 0 Å². The lowest BCUT2D eigenvalue weighted by Crippen LogP contribution is -2.61. The Labute approximate surface area is 209 Å². The summed E-state index contributed by atoms with van der Waals surface area (Å²) in [6, 6.07) is 12.6. The molecule has 0 bridgehead atoms. The Hall–Kier alpha value is -3.73. The third-order valence-electron chi connectivity index (χ3n) is 6.06. The minimum Gasteiger partial charge on any atom is -0.326 e. The van der Waals surface area contributed by atoms with Gasteiger partial charge in [0.1, 0.15) is 11.4 Å². The number of carbonyl (C=O) groups excluding carboxylic acids is 2. The Kier molecular flexibility index (Phi) is 5.95. The standard InChI is InChI=1S/C25H23F3N4O3S/c1-13-6-5-7-16(12-13)32-18-17(20(34)30-22(32)36)24(21(35)29-18,25(26,27)28)31-19(33)14-8-10-15(11-9-14)23(2,3)4/h5-12H,1-4H3,(H,29,35)(H,31,33)(H,30,34,36)/t24-/m1/s1. The first-order chi connectivity index (χ1) is 16.7. The number of rotatable bonds is 3. The van der Waals surface area contributed by atoms with Crippen LogP contribution >= 0.6 is 12.2 Å². The molecule has 0 unspecified atom stereocenters. The molecule has 0 radical (unpaired) electrons. The molecular formula is C25H23F3N4O3S. The summed E-state index contributed by atoms with van der Waals surface area (Å²) in [4.78, 5) is 41.1. The zero-order valence-electron chi connectivity index (χ0n) is 19.8. The fourth-order valence-electron chi connectivity index (χ4n) is 4.16.